The molecule has 1 aromatic carbocycles. The Morgan fingerprint density at radius 1 is 1.40 bits per heavy atom. The van der Waals surface area contributed by atoms with Crippen LogP contribution in [0.15, 0.2) is 18.2 Å². The zero-order valence-electron chi connectivity index (χ0n) is 11.5. The van der Waals surface area contributed by atoms with Crippen LogP contribution < -0.4 is 14.8 Å². The topological polar surface area (TPSA) is 76.9 Å². The van der Waals surface area contributed by atoms with Crippen molar-refractivity contribution >= 4 is 5.69 Å². The average molecular weight is 281 g/mol. The largest absolute Gasteiger partial charge is 0.492 e. The number of hydrogen-bond acceptors (Lipinski definition) is 6. The lowest BCUT2D eigenvalue weighted by atomic mass is 10.3. The Morgan fingerprint density at radius 2 is 2.15 bits per heavy atom. The molecule has 1 heterocycles. The number of benzene rings is 1. The van der Waals surface area contributed by atoms with Crippen LogP contribution in [0.2, 0.25) is 0 Å². The summed E-state index contributed by atoms with van der Waals surface area (Å²) in [5.74, 6) is 0.803. The minimum atomic E-state index is -0.469. The first-order valence-corrected chi connectivity index (χ1v) is 6.59. The summed E-state index contributed by atoms with van der Waals surface area (Å²) in [6.45, 7) is 5.46. The van der Waals surface area contributed by atoms with E-state index in [2.05, 4.69) is 10.2 Å². The van der Waals surface area contributed by atoms with Crippen molar-refractivity contribution in [3.63, 3.8) is 0 Å². The van der Waals surface area contributed by atoms with Crippen molar-refractivity contribution in [1.82, 2.24) is 10.2 Å². The summed E-state index contributed by atoms with van der Waals surface area (Å²) in [4.78, 5) is 12.6. The molecular formula is C13H19N3O4. The van der Waals surface area contributed by atoms with Gasteiger partial charge in [-0.1, -0.05) is 0 Å². The second-order valence-corrected chi connectivity index (χ2v) is 4.53. The molecule has 0 unspecified atom stereocenters. The van der Waals surface area contributed by atoms with Crippen LogP contribution in [-0.2, 0) is 0 Å². The molecule has 0 spiro atoms. The molecule has 0 radical (unpaired) electrons. The number of nitro benzene ring substituents is 1. The quantitative estimate of drug-likeness (QED) is 0.616. The van der Waals surface area contributed by atoms with E-state index in [1.54, 1.807) is 12.1 Å². The molecule has 2 rings (SSSR count). The van der Waals surface area contributed by atoms with Crippen molar-refractivity contribution in [3.8, 4) is 11.5 Å². The van der Waals surface area contributed by atoms with E-state index in [1.807, 2.05) is 0 Å². The molecule has 0 bridgehead atoms. The molecule has 0 saturated carbocycles. The van der Waals surface area contributed by atoms with E-state index in [0.717, 1.165) is 32.7 Å². The summed E-state index contributed by atoms with van der Waals surface area (Å²) in [5.41, 5.74) is -0.0537. The molecule has 0 amide bonds. The standard InChI is InChI=1S/C13H19N3O4/c1-19-13-10-11(2-3-12(13)16(17)18)20-9-8-15-6-4-14-5-7-15/h2-3,10,14H,4-9H2,1H3. The van der Waals surface area contributed by atoms with Gasteiger partial charge < -0.3 is 14.8 Å². The predicted octanol–water partition coefficient (Wildman–Crippen LogP) is 0.887. The molecule has 1 aliphatic heterocycles. The Bertz CT molecular complexity index is 461. The van der Waals surface area contributed by atoms with Gasteiger partial charge in [-0.15, -0.1) is 0 Å². The van der Waals surface area contributed by atoms with Crippen molar-refractivity contribution in [3.05, 3.63) is 28.3 Å². The average Bonchev–Trinajstić information content (AvgIpc) is 2.48. The molecule has 20 heavy (non-hydrogen) atoms. The van der Waals surface area contributed by atoms with Crippen LogP contribution in [0.1, 0.15) is 0 Å². The number of ether oxygens (including phenoxy) is 2. The number of nitrogens with one attached hydrogen (secondary N) is 1. The van der Waals surface area contributed by atoms with Crippen LogP contribution in [0.4, 0.5) is 5.69 Å². The summed E-state index contributed by atoms with van der Waals surface area (Å²) in [7, 11) is 1.41. The molecule has 1 aliphatic rings. The highest BCUT2D eigenvalue weighted by atomic mass is 16.6. The number of methoxy groups -OCH3 is 1. The molecule has 1 N–H and O–H groups in total. The zero-order valence-corrected chi connectivity index (χ0v) is 11.5. The highest BCUT2D eigenvalue weighted by Crippen LogP contribution is 2.30. The molecule has 7 heteroatoms. The lowest BCUT2D eigenvalue weighted by Gasteiger charge is -2.26. The van der Waals surface area contributed by atoms with E-state index in [1.165, 1.54) is 13.2 Å². The first kappa shape index (κ1) is 14.5. The lowest BCUT2D eigenvalue weighted by molar-refractivity contribution is -0.385. The van der Waals surface area contributed by atoms with Gasteiger partial charge in [-0.3, -0.25) is 15.0 Å². The molecular weight excluding hydrogens is 262 g/mol. The van der Waals surface area contributed by atoms with E-state index in [-0.39, 0.29) is 11.4 Å². The van der Waals surface area contributed by atoms with Crippen LogP contribution >= 0.6 is 0 Å². The molecule has 1 saturated heterocycles. The third-order valence-corrected chi connectivity index (χ3v) is 3.23. The third-order valence-electron chi connectivity index (χ3n) is 3.23. The number of nitro groups is 1. The third kappa shape index (κ3) is 3.82. The predicted molar refractivity (Wildman–Crippen MR) is 74.5 cm³/mol. The van der Waals surface area contributed by atoms with Crippen LogP contribution in [0.5, 0.6) is 11.5 Å². The fourth-order valence-corrected chi connectivity index (χ4v) is 2.13. The number of rotatable bonds is 6. The van der Waals surface area contributed by atoms with Gasteiger partial charge in [0.2, 0.25) is 5.75 Å². The Labute approximate surface area is 117 Å². The van der Waals surface area contributed by atoms with E-state index >= 15 is 0 Å². The molecule has 1 fully saturated rings. The summed E-state index contributed by atoms with van der Waals surface area (Å²) in [6.07, 6.45) is 0. The minimum absolute atomic E-state index is 0.0537. The summed E-state index contributed by atoms with van der Waals surface area (Å²) < 4.78 is 10.6. The first-order valence-electron chi connectivity index (χ1n) is 6.59. The zero-order chi connectivity index (χ0) is 14.4. The van der Waals surface area contributed by atoms with E-state index in [4.69, 9.17) is 9.47 Å². The Morgan fingerprint density at radius 3 is 2.80 bits per heavy atom. The maximum absolute atomic E-state index is 10.8. The number of hydrogen-bond donors (Lipinski definition) is 1. The highest BCUT2D eigenvalue weighted by molar-refractivity contribution is 5.50. The number of nitrogens with zero attached hydrogens (tertiary/aromatic N) is 2. The summed E-state index contributed by atoms with van der Waals surface area (Å²) in [6, 6.07) is 4.55. The lowest BCUT2D eigenvalue weighted by Crippen LogP contribution is -2.44. The minimum Gasteiger partial charge on any atom is -0.492 e. The summed E-state index contributed by atoms with van der Waals surface area (Å²) in [5, 5.41) is 14.1. The second kappa shape index (κ2) is 7.06. The summed E-state index contributed by atoms with van der Waals surface area (Å²) >= 11 is 0. The fourth-order valence-electron chi connectivity index (χ4n) is 2.13. The van der Waals surface area contributed by atoms with E-state index in [9.17, 15) is 10.1 Å². The Balaban J connectivity index is 1.87. The molecule has 1 aromatic rings. The van der Waals surface area contributed by atoms with Gasteiger partial charge in [0, 0.05) is 44.9 Å². The Kier molecular flexibility index (Phi) is 5.14. The Hall–Kier alpha value is -1.86. The normalized spacial score (nSPS) is 15.8. The van der Waals surface area contributed by atoms with Crippen LogP contribution in [0.3, 0.4) is 0 Å². The van der Waals surface area contributed by atoms with Gasteiger partial charge in [0.05, 0.1) is 12.0 Å². The van der Waals surface area contributed by atoms with Crippen molar-refractivity contribution in [2.75, 3.05) is 46.4 Å². The molecule has 0 aromatic heterocycles. The van der Waals surface area contributed by atoms with Gasteiger partial charge in [0.25, 0.3) is 0 Å². The van der Waals surface area contributed by atoms with Gasteiger partial charge in [0.15, 0.2) is 0 Å². The highest BCUT2D eigenvalue weighted by Gasteiger charge is 2.15. The maximum atomic E-state index is 10.8. The van der Waals surface area contributed by atoms with Gasteiger partial charge in [-0.25, -0.2) is 0 Å². The van der Waals surface area contributed by atoms with Crippen LogP contribution in [-0.4, -0.2) is 56.3 Å². The number of piperazine rings is 1. The van der Waals surface area contributed by atoms with Crippen molar-refractivity contribution in [2.24, 2.45) is 0 Å². The van der Waals surface area contributed by atoms with Gasteiger partial charge >= 0.3 is 5.69 Å². The van der Waals surface area contributed by atoms with Crippen LogP contribution in [0.25, 0.3) is 0 Å². The second-order valence-electron chi connectivity index (χ2n) is 4.53. The molecule has 110 valence electrons. The first-order chi connectivity index (χ1) is 9.70. The van der Waals surface area contributed by atoms with Crippen molar-refractivity contribution in [2.45, 2.75) is 0 Å². The molecule has 0 atom stereocenters. The van der Waals surface area contributed by atoms with Gasteiger partial charge in [-0.2, -0.15) is 0 Å². The van der Waals surface area contributed by atoms with Crippen molar-refractivity contribution in [1.29, 1.82) is 0 Å². The van der Waals surface area contributed by atoms with Gasteiger partial charge in [0.1, 0.15) is 12.4 Å². The maximum Gasteiger partial charge on any atom is 0.311 e. The van der Waals surface area contributed by atoms with Gasteiger partial charge in [-0.05, 0) is 6.07 Å². The van der Waals surface area contributed by atoms with E-state index < -0.39 is 4.92 Å². The van der Waals surface area contributed by atoms with Crippen molar-refractivity contribution < 1.29 is 14.4 Å². The fraction of sp³-hybridized carbons (Fsp3) is 0.538. The van der Waals surface area contributed by atoms with E-state index in [0.29, 0.717) is 12.4 Å². The monoisotopic (exact) mass is 281 g/mol. The SMILES string of the molecule is COc1cc(OCCN2CCNCC2)ccc1[N+](=O)[O-]. The van der Waals surface area contributed by atoms with Crippen LogP contribution in [0, 0.1) is 10.1 Å². The smallest absolute Gasteiger partial charge is 0.311 e. The molecule has 0 aliphatic carbocycles. The molecule has 7 nitrogen and oxygen atoms in total.